The summed E-state index contributed by atoms with van der Waals surface area (Å²) in [7, 11) is 0. The second-order valence-corrected chi connectivity index (χ2v) is 4.18. The topological polar surface area (TPSA) is 37.3 Å². The molecule has 0 radical (unpaired) electrons. The van der Waals surface area contributed by atoms with E-state index in [0.29, 0.717) is 12.0 Å². The molecule has 1 N–H and O–H groups in total. The molecule has 0 saturated heterocycles. The Labute approximate surface area is 97.8 Å². The van der Waals surface area contributed by atoms with Crippen molar-refractivity contribution < 1.29 is 9.90 Å². The highest BCUT2D eigenvalue weighted by molar-refractivity contribution is 9.10. The lowest BCUT2D eigenvalue weighted by Gasteiger charge is -2.06. The third-order valence-electron chi connectivity index (χ3n) is 2.34. The minimum absolute atomic E-state index is 0.470. The molecular formula is C12H13BrO2. The van der Waals surface area contributed by atoms with E-state index in [-0.39, 0.29) is 0 Å². The summed E-state index contributed by atoms with van der Waals surface area (Å²) in [6, 6.07) is 7.65. The van der Waals surface area contributed by atoms with Crippen LogP contribution in [0.5, 0.6) is 0 Å². The van der Waals surface area contributed by atoms with E-state index >= 15 is 0 Å². The molecule has 0 fully saturated rings. The Morgan fingerprint density at radius 2 is 1.87 bits per heavy atom. The number of hydrogen-bond acceptors (Lipinski definition) is 1. The number of allylic oxidation sites excluding steroid dienone is 1. The molecule has 2 nitrogen and oxygen atoms in total. The highest BCUT2D eigenvalue weighted by atomic mass is 79.9. The number of carboxylic acids is 1. The highest BCUT2D eigenvalue weighted by Crippen LogP contribution is 2.22. The number of carbonyl (C=O) groups is 1. The minimum Gasteiger partial charge on any atom is -0.478 e. The highest BCUT2D eigenvalue weighted by Gasteiger charge is 2.09. The maximum atomic E-state index is 10.9. The number of benzene rings is 1. The van der Waals surface area contributed by atoms with Gasteiger partial charge in [0.2, 0.25) is 0 Å². The molecule has 0 aliphatic heterocycles. The van der Waals surface area contributed by atoms with Gasteiger partial charge in [0, 0.05) is 10.0 Å². The molecule has 0 aromatic heterocycles. The van der Waals surface area contributed by atoms with E-state index in [1.807, 2.05) is 38.1 Å². The molecule has 1 aromatic rings. The summed E-state index contributed by atoms with van der Waals surface area (Å²) in [6.45, 7) is 3.70. The second kappa shape index (κ2) is 5.12. The smallest absolute Gasteiger partial charge is 0.331 e. The summed E-state index contributed by atoms with van der Waals surface area (Å²) < 4.78 is 0.993. The van der Waals surface area contributed by atoms with Crippen molar-refractivity contribution in [2.24, 2.45) is 0 Å². The van der Waals surface area contributed by atoms with Gasteiger partial charge in [0.25, 0.3) is 0 Å². The SMILES string of the molecule is CC/C(C(=O)O)=C(\C)c1ccc(Br)cc1. The maximum Gasteiger partial charge on any atom is 0.331 e. The fourth-order valence-electron chi connectivity index (χ4n) is 1.45. The first-order valence-electron chi connectivity index (χ1n) is 4.75. The molecule has 0 aliphatic rings. The van der Waals surface area contributed by atoms with Crippen molar-refractivity contribution in [2.45, 2.75) is 20.3 Å². The molecular weight excluding hydrogens is 256 g/mol. The summed E-state index contributed by atoms with van der Waals surface area (Å²) in [5.74, 6) is -0.835. The summed E-state index contributed by atoms with van der Waals surface area (Å²) in [6.07, 6.45) is 0.539. The van der Waals surface area contributed by atoms with Crippen molar-refractivity contribution in [2.75, 3.05) is 0 Å². The minimum atomic E-state index is -0.835. The van der Waals surface area contributed by atoms with Gasteiger partial charge < -0.3 is 5.11 Å². The average Bonchev–Trinajstić information content (AvgIpc) is 2.19. The Morgan fingerprint density at radius 1 is 1.33 bits per heavy atom. The lowest BCUT2D eigenvalue weighted by atomic mass is 10.00. The lowest BCUT2D eigenvalue weighted by molar-refractivity contribution is -0.132. The first-order valence-corrected chi connectivity index (χ1v) is 5.54. The van der Waals surface area contributed by atoms with Gasteiger partial charge >= 0.3 is 5.97 Å². The molecule has 0 atom stereocenters. The molecule has 15 heavy (non-hydrogen) atoms. The fourth-order valence-corrected chi connectivity index (χ4v) is 1.72. The number of carboxylic acid groups (broad SMARTS) is 1. The number of rotatable bonds is 3. The van der Waals surface area contributed by atoms with Crippen LogP contribution < -0.4 is 0 Å². The van der Waals surface area contributed by atoms with E-state index in [9.17, 15) is 4.79 Å². The van der Waals surface area contributed by atoms with Crippen LogP contribution in [0.1, 0.15) is 25.8 Å². The van der Waals surface area contributed by atoms with Crippen LogP contribution in [0.25, 0.3) is 5.57 Å². The zero-order valence-electron chi connectivity index (χ0n) is 8.75. The molecule has 0 saturated carbocycles. The Hall–Kier alpha value is -1.09. The van der Waals surface area contributed by atoms with E-state index < -0.39 is 5.97 Å². The molecule has 0 bridgehead atoms. The molecule has 0 heterocycles. The standard InChI is InChI=1S/C12H13BrO2/c1-3-11(12(14)15)8(2)9-4-6-10(13)7-5-9/h4-7H,3H2,1-2H3,(H,14,15)/b11-8-. The van der Waals surface area contributed by atoms with Crippen LogP contribution >= 0.6 is 15.9 Å². The van der Waals surface area contributed by atoms with Crippen molar-refractivity contribution in [1.82, 2.24) is 0 Å². The van der Waals surface area contributed by atoms with Crippen molar-refractivity contribution in [3.63, 3.8) is 0 Å². The molecule has 0 aliphatic carbocycles. The van der Waals surface area contributed by atoms with Gasteiger partial charge in [0.1, 0.15) is 0 Å². The van der Waals surface area contributed by atoms with E-state index in [4.69, 9.17) is 5.11 Å². The molecule has 1 rings (SSSR count). The quantitative estimate of drug-likeness (QED) is 0.849. The van der Waals surface area contributed by atoms with Crippen LogP contribution in [0.4, 0.5) is 0 Å². The van der Waals surface area contributed by atoms with Crippen molar-refractivity contribution in [1.29, 1.82) is 0 Å². The molecule has 0 unspecified atom stereocenters. The molecule has 1 aromatic carbocycles. The van der Waals surface area contributed by atoms with E-state index in [0.717, 1.165) is 15.6 Å². The van der Waals surface area contributed by atoms with Gasteiger partial charge in [0.15, 0.2) is 0 Å². The summed E-state index contributed by atoms with van der Waals surface area (Å²) in [5.41, 5.74) is 2.26. The van der Waals surface area contributed by atoms with E-state index in [2.05, 4.69) is 15.9 Å². The number of halogens is 1. The second-order valence-electron chi connectivity index (χ2n) is 3.27. The van der Waals surface area contributed by atoms with Crippen LogP contribution in [0.2, 0.25) is 0 Å². The third kappa shape index (κ3) is 2.93. The van der Waals surface area contributed by atoms with Crippen molar-refractivity contribution in [3.8, 4) is 0 Å². The Morgan fingerprint density at radius 3 is 2.27 bits per heavy atom. The zero-order chi connectivity index (χ0) is 11.4. The van der Waals surface area contributed by atoms with Gasteiger partial charge in [-0.05, 0) is 36.6 Å². The fraction of sp³-hybridized carbons (Fsp3) is 0.250. The Bertz CT molecular complexity index is 391. The Kier molecular flexibility index (Phi) is 4.09. The third-order valence-corrected chi connectivity index (χ3v) is 2.87. The van der Waals surface area contributed by atoms with Crippen molar-refractivity contribution >= 4 is 27.5 Å². The summed E-state index contributed by atoms with van der Waals surface area (Å²) >= 11 is 3.35. The largest absolute Gasteiger partial charge is 0.478 e. The van der Waals surface area contributed by atoms with Gasteiger partial charge in [-0.15, -0.1) is 0 Å². The van der Waals surface area contributed by atoms with E-state index in [1.165, 1.54) is 0 Å². The monoisotopic (exact) mass is 268 g/mol. The predicted octanol–water partition coefficient (Wildman–Crippen LogP) is 3.72. The van der Waals surface area contributed by atoms with Crippen LogP contribution in [-0.4, -0.2) is 11.1 Å². The van der Waals surface area contributed by atoms with Crippen LogP contribution in [-0.2, 0) is 4.79 Å². The predicted molar refractivity (Wildman–Crippen MR) is 64.7 cm³/mol. The zero-order valence-corrected chi connectivity index (χ0v) is 10.3. The van der Waals surface area contributed by atoms with Crippen LogP contribution in [0.15, 0.2) is 34.3 Å². The van der Waals surface area contributed by atoms with Gasteiger partial charge in [-0.3, -0.25) is 0 Å². The summed E-state index contributed by atoms with van der Waals surface area (Å²) in [4.78, 5) is 10.9. The van der Waals surface area contributed by atoms with Crippen LogP contribution in [0, 0.1) is 0 Å². The van der Waals surface area contributed by atoms with Crippen LogP contribution in [0.3, 0.4) is 0 Å². The van der Waals surface area contributed by atoms with Gasteiger partial charge in [-0.25, -0.2) is 4.79 Å². The molecule has 80 valence electrons. The van der Waals surface area contributed by atoms with Crippen molar-refractivity contribution in [3.05, 3.63) is 39.9 Å². The lowest BCUT2D eigenvalue weighted by Crippen LogP contribution is -2.01. The number of aliphatic carboxylic acids is 1. The average molecular weight is 269 g/mol. The van der Waals surface area contributed by atoms with Gasteiger partial charge in [-0.1, -0.05) is 35.0 Å². The summed E-state index contributed by atoms with van der Waals surface area (Å²) in [5, 5.41) is 8.99. The molecule has 0 spiro atoms. The normalized spacial score (nSPS) is 12.2. The van der Waals surface area contributed by atoms with Gasteiger partial charge in [0.05, 0.1) is 0 Å². The molecule has 3 heteroatoms. The van der Waals surface area contributed by atoms with Gasteiger partial charge in [-0.2, -0.15) is 0 Å². The Balaban J connectivity index is 3.16. The maximum absolute atomic E-state index is 10.9. The molecule has 0 amide bonds. The first-order chi connectivity index (χ1) is 7.06. The first kappa shape index (κ1) is 12.0. The van der Waals surface area contributed by atoms with E-state index in [1.54, 1.807) is 0 Å². The number of hydrogen-bond donors (Lipinski definition) is 1.